The van der Waals surface area contributed by atoms with Crippen LogP contribution in [0, 0.1) is 5.92 Å². The highest BCUT2D eigenvalue weighted by molar-refractivity contribution is 4.84. The summed E-state index contributed by atoms with van der Waals surface area (Å²) in [7, 11) is 2.27. The van der Waals surface area contributed by atoms with Gasteiger partial charge in [0.1, 0.15) is 0 Å². The van der Waals surface area contributed by atoms with Crippen molar-refractivity contribution in [2.45, 2.75) is 57.5 Å². The molecule has 2 aliphatic carbocycles. The molecule has 2 aliphatic rings. The smallest absolute Gasteiger partial charge is 0.0107 e. The molecule has 0 amide bonds. The van der Waals surface area contributed by atoms with Gasteiger partial charge in [0, 0.05) is 25.2 Å². The molecule has 0 aromatic carbocycles. The predicted molar refractivity (Wildman–Crippen MR) is 65.1 cm³/mol. The molecule has 0 bridgehead atoms. The Morgan fingerprint density at radius 1 is 1.20 bits per heavy atom. The van der Waals surface area contributed by atoms with Gasteiger partial charge in [-0.05, 0) is 45.1 Å². The monoisotopic (exact) mass is 210 g/mol. The van der Waals surface area contributed by atoms with Gasteiger partial charge in [-0.2, -0.15) is 0 Å². The summed E-state index contributed by atoms with van der Waals surface area (Å²) in [5.74, 6) is 1.00. The minimum absolute atomic E-state index is 0.822. The Labute approximate surface area is 94.4 Å². The van der Waals surface area contributed by atoms with Crippen LogP contribution >= 0.6 is 0 Å². The van der Waals surface area contributed by atoms with Crippen LogP contribution in [0.25, 0.3) is 0 Å². The highest BCUT2D eigenvalue weighted by atomic mass is 15.2. The number of nitrogens with one attached hydrogen (secondary N) is 1. The van der Waals surface area contributed by atoms with Gasteiger partial charge in [0.2, 0.25) is 0 Å². The van der Waals surface area contributed by atoms with Crippen LogP contribution in [0.4, 0.5) is 0 Å². The molecule has 2 unspecified atom stereocenters. The summed E-state index contributed by atoms with van der Waals surface area (Å²) in [5, 5.41) is 3.72. The Morgan fingerprint density at radius 3 is 2.60 bits per heavy atom. The van der Waals surface area contributed by atoms with Crippen LogP contribution < -0.4 is 5.32 Å². The first-order valence-corrected chi connectivity index (χ1v) is 6.73. The molecule has 0 aromatic rings. The van der Waals surface area contributed by atoms with Gasteiger partial charge < -0.3 is 10.2 Å². The average Bonchev–Trinajstić information content (AvgIpc) is 2.99. The van der Waals surface area contributed by atoms with Crippen molar-refractivity contribution >= 4 is 0 Å². The fraction of sp³-hybridized carbons (Fsp3) is 1.00. The number of likely N-dealkylation sites (N-methyl/N-ethyl adjacent to an activating group) is 1. The van der Waals surface area contributed by atoms with Gasteiger partial charge >= 0.3 is 0 Å². The molecule has 2 atom stereocenters. The van der Waals surface area contributed by atoms with E-state index >= 15 is 0 Å². The van der Waals surface area contributed by atoms with Crippen LogP contribution in [0.3, 0.4) is 0 Å². The summed E-state index contributed by atoms with van der Waals surface area (Å²) in [5.41, 5.74) is 0. The third-order valence-electron chi connectivity index (χ3n) is 4.19. The molecule has 0 aromatic heterocycles. The fourth-order valence-corrected chi connectivity index (χ4v) is 2.77. The molecule has 2 rings (SSSR count). The summed E-state index contributed by atoms with van der Waals surface area (Å²) in [6.45, 7) is 4.75. The average molecular weight is 210 g/mol. The normalized spacial score (nSPS) is 31.4. The Kier molecular flexibility index (Phi) is 4.04. The van der Waals surface area contributed by atoms with Gasteiger partial charge in [-0.25, -0.2) is 0 Å². The van der Waals surface area contributed by atoms with Gasteiger partial charge in [0.05, 0.1) is 0 Å². The third kappa shape index (κ3) is 3.46. The maximum Gasteiger partial charge on any atom is 0.0107 e. The topological polar surface area (TPSA) is 15.3 Å². The Bertz CT molecular complexity index is 189. The van der Waals surface area contributed by atoms with Gasteiger partial charge in [-0.3, -0.25) is 0 Å². The Balaban J connectivity index is 1.54. The number of hydrogen-bond donors (Lipinski definition) is 1. The van der Waals surface area contributed by atoms with E-state index in [1.54, 1.807) is 0 Å². The van der Waals surface area contributed by atoms with Crippen LogP contribution in [0.1, 0.15) is 45.4 Å². The van der Waals surface area contributed by atoms with E-state index in [-0.39, 0.29) is 0 Å². The van der Waals surface area contributed by atoms with Crippen LogP contribution in [0.5, 0.6) is 0 Å². The van der Waals surface area contributed by atoms with E-state index < -0.39 is 0 Å². The van der Waals surface area contributed by atoms with Crippen LogP contribution in [0.2, 0.25) is 0 Å². The maximum absolute atomic E-state index is 3.72. The second-order valence-electron chi connectivity index (χ2n) is 5.45. The maximum atomic E-state index is 3.72. The molecule has 2 fully saturated rings. The van der Waals surface area contributed by atoms with E-state index in [0.29, 0.717) is 0 Å². The minimum Gasteiger partial charge on any atom is -0.313 e. The molecule has 2 heteroatoms. The lowest BCUT2D eigenvalue weighted by Gasteiger charge is -2.18. The van der Waals surface area contributed by atoms with Crippen LogP contribution in [-0.2, 0) is 0 Å². The fourth-order valence-electron chi connectivity index (χ4n) is 2.77. The molecule has 2 nitrogen and oxygen atoms in total. The lowest BCUT2D eigenvalue weighted by Crippen LogP contribution is -2.35. The van der Waals surface area contributed by atoms with E-state index in [0.717, 1.165) is 18.0 Å². The highest BCUT2D eigenvalue weighted by Crippen LogP contribution is 2.28. The predicted octanol–water partition coefficient (Wildman–Crippen LogP) is 2.25. The lowest BCUT2D eigenvalue weighted by molar-refractivity contribution is 0.313. The van der Waals surface area contributed by atoms with Gasteiger partial charge in [-0.1, -0.05) is 13.3 Å². The molecule has 88 valence electrons. The van der Waals surface area contributed by atoms with Gasteiger partial charge in [-0.15, -0.1) is 0 Å². The van der Waals surface area contributed by atoms with E-state index in [9.17, 15) is 0 Å². The molecule has 0 heterocycles. The van der Waals surface area contributed by atoms with E-state index in [1.165, 1.54) is 51.6 Å². The van der Waals surface area contributed by atoms with Crippen LogP contribution in [-0.4, -0.2) is 37.1 Å². The largest absolute Gasteiger partial charge is 0.313 e. The van der Waals surface area contributed by atoms with Crippen molar-refractivity contribution in [3.05, 3.63) is 0 Å². The molecule has 0 saturated heterocycles. The molecule has 0 radical (unpaired) electrons. The van der Waals surface area contributed by atoms with E-state index in [1.807, 2.05) is 0 Å². The molecule has 15 heavy (non-hydrogen) atoms. The summed E-state index contributed by atoms with van der Waals surface area (Å²) >= 11 is 0. The standard InChI is InChI=1S/C13H26N2/c1-3-11-4-5-12(10-11)14-8-9-15(2)13-6-7-13/h11-14H,3-10H2,1-2H3. The zero-order valence-corrected chi connectivity index (χ0v) is 10.3. The first-order valence-electron chi connectivity index (χ1n) is 6.73. The summed E-state index contributed by atoms with van der Waals surface area (Å²) in [6, 6.07) is 1.74. The van der Waals surface area contributed by atoms with Gasteiger partial charge in [0.25, 0.3) is 0 Å². The van der Waals surface area contributed by atoms with Crippen molar-refractivity contribution in [2.75, 3.05) is 20.1 Å². The highest BCUT2D eigenvalue weighted by Gasteiger charge is 2.26. The number of rotatable bonds is 6. The third-order valence-corrected chi connectivity index (χ3v) is 4.19. The number of nitrogens with zero attached hydrogens (tertiary/aromatic N) is 1. The zero-order valence-electron chi connectivity index (χ0n) is 10.3. The number of hydrogen-bond acceptors (Lipinski definition) is 2. The zero-order chi connectivity index (χ0) is 10.7. The minimum atomic E-state index is 0.822. The first-order chi connectivity index (χ1) is 7.29. The van der Waals surface area contributed by atoms with E-state index in [2.05, 4.69) is 24.2 Å². The second-order valence-corrected chi connectivity index (χ2v) is 5.45. The van der Waals surface area contributed by atoms with Crippen molar-refractivity contribution in [1.82, 2.24) is 10.2 Å². The molecular formula is C13H26N2. The quantitative estimate of drug-likeness (QED) is 0.723. The van der Waals surface area contributed by atoms with Crippen molar-refractivity contribution in [1.29, 1.82) is 0 Å². The van der Waals surface area contributed by atoms with Crippen molar-refractivity contribution in [3.8, 4) is 0 Å². The SMILES string of the molecule is CCC1CCC(NCCN(C)C2CC2)C1. The van der Waals surface area contributed by atoms with Crippen molar-refractivity contribution in [3.63, 3.8) is 0 Å². The van der Waals surface area contributed by atoms with Crippen LogP contribution in [0.15, 0.2) is 0 Å². The summed E-state index contributed by atoms with van der Waals surface area (Å²) in [4.78, 5) is 2.51. The molecule has 0 aliphatic heterocycles. The first kappa shape index (κ1) is 11.4. The van der Waals surface area contributed by atoms with E-state index in [4.69, 9.17) is 0 Å². The van der Waals surface area contributed by atoms with Gasteiger partial charge in [0.15, 0.2) is 0 Å². The van der Waals surface area contributed by atoms with Crippen molar-refractivity contribution < 1.29 is 0 Å². The molecular weight excluding hydrogens is 184 g/mol. The van der Waals surface area contributed by atoms with Crippen molar-refractivity contribution in [2.24, 2.45) is 5.92 Å². The summed E-state index contributed by atoms with van der Waals surface area (Å²) < 4.78 is 0. The Morgan fingerprint density at radius 2 is 2.00 bits per heavy atom. The molecule has 0 spiro atoms. The summed E-state index contributed by atoms with van der Waals surface area (Å²) in [6.07, 6.45) is 8.51. The Hall–Kier alpha value is -0.0800. The molecule has 2 saturated carbocycles. The molecule has 1 N–H and O–H groups in total. The second kappa shape index (κ2) is 5.31. The lowest BCUT2D eigenvalue weighted by atomic mass is 10.1.